The molecule has 0 spiro atoms. The summed E-state index contributed by atoms with van der Waals surface area (Å²) < 4.78 is 2.13. The van der Waals surface area contributed by atoms with Crippen molar-refractivity contribution in [2.45, 2.75) is 19.4 Å². The fraction of sp³-hybridized carbons (Fsp3) is 0.286. The molecule has 5 nitrogen and oxygen atoms in total. The van der Waals surface area contributed by atoms with E-state index in [1.54, 1.807) is 6.20 Å². The Labute approximate surface area is 111 Å². The summed E-state index contributed by atoms with van der Waals surface area (Å²) in [7, 11) is 0. The van der Waals surface area contributed by atoms with Crippen LogP contribution in [-0.4, -0.2) is 24.7 Å². The van der Waals surface area contributed by atoms with Gasteiger partial charge >= 0.3 is 0 Å². The van der Waals surface area contributed by atoms with E-state index >= 15 is 0 Å². The Morgan fingerprint density at radius 2 is 2.11 bits per heavy atom. The lowest BCUT2D eigenvalue weighted by Gasteiger charge is -2.16. The van der Waals surface area contributed by atoms with E-state index in [1.807, 2.05) is 37.1 Å². The molecule has 0 aromatic carbocycles. The summed E-state index contributed by atoms with van der Waals surface area (Å²) in [6.07, 6.45) is 11.5. The number of nitrogens with one attached hydrogen (secondary N) is 2. The molecule has 3 aromatic heterocycles. The molecule has 0 aliphatic carbocycles. The van der Waals surface area contributed by atoms with E-state index < -0.39 is 0 Å². The molecule has 0 fully saturated rings. The smallest absolute Gasteiger partial charge is 0.0946 e. The van der Waals surface area contributed by atoms with Crippen molar-refractivity contribution in [2.75, 3.05) is 0 Å². The summed E-state index contributed by atoms with van der Waals surface area (Å²) in [6.45, 7) is 0.956. The summed E-state index contributed by atoms with van der Waals surface area (Å²) >= 11 is 0. The van der Waals surface area contributed by atoms with Gasteiger partial charge in [-0.05, 0) is 37.0 Å². The second-order valence-corrected chi connectivity index (χ2v) is 4.81. The van der Waals surface area contributed by atoms with Crippen LogP contribution in [0.15, 0.2) is 49.3 Å². The first-order valence-corrected chi connectivity index (χ1v) is 6.46. The van der Waals surface area contributed by atoms with Crippen molar-refractivity contribution in [3.8, 4) is 0 Å². The Hall–Kier alpha value is -2.30. The van der Waals surface area contributed by atoms with Gasteiger partial charge in [-0.25, -0.2) is 4.98 Å². The number of rotatable bonds is 6. The SMILES string of the molecule is c1c[nH]c(CC(Cc2ccn[nH]2)Cn2ccnc2)c1. The number of hydrogen-bond acceptors (Lipinski definition) is 2. The van der Waals surface area contributed by atoms with Crippen molar-refractivity contribution in [3.63, 3.8) is 0 Å². The minimum absolute atomic E-state index is 0.508. The van der Waals surface area contributed by atoms with Gasteiger partial charge in [0.05, 0.1) is 6.33 Å². The topological polar surface area (TPSA) is 62.3 Å². The Balaban J connectivity index is 1.70. The van der Waals surface area contributed by atoms with Gasteiger partial charge in [0, 0.05) is 42.7 Å². The molecule has 3 aromatic rings. The lowest BCUT2D eigenvalue weighted by atomic mass is 9.97. The van der Waals surface area contributed by atoms with Gasteiger partial charge in [0.1, 0.15) is 0 Å². The van der Waals surface area contributed by atoms with E-state index in [2.05, 4.69) is 30.8 Å². The number of imidazole rings is 1. The first-order valence-electron chi connectivity index (χ1n) is 6.46. The van der Waals surface area contributed by atoms with Crippen LogP contribution in [0, 0.1) is 5.92 Å². The van der Waals surface area contributed by atoms with Crippen molar-refractivity contribution in [1.82, 2.24) is 24.7 Å². The molecule has 0 radical (unpaired) electrons. The summed E-state index contributed by atoms with van der Waals surface area (Å²) in [5.74, 6) is 0.508. The standard InChI is InChI=1S/C14H17N5/c1-2-13(16-4-1)8-12(9-14-3-5-17-18-14)10-19-7-6-15-11-19/h1-7,11-12,16H,8-10H2,(H,17,18). The van der Waals surface area contributed by atoms with Gasteiger partial charge in [-0.3, -0.25) is 5.10 Å². The van der Waals surface area contributed by atoms with E-state index in [1.165, 1.54) is 11.4 Å². The second kappa shape index (κ2) is 5.56. The minimum Gasteiger partial charge on any atom is -0.365 e. The zero-order chi connectivity index (χ0) is 12.9. The Morgan fingerprint density at radius 3 is 2.79 bits per heavy atom. The molecular formula is C14H17N5. The molecule has 3 heterocycles. The first kappa shape index (κ1) is 11.8. The summed E-state index contributed by atoms with van der Waals surface area (Å²) in [5, 5.41) is 7.06. The summed E-state index contributed by atoms with van der Waals surface area (Å²) in [4.78, 5) is 7.38. The molecular weight excluding hydrogens is 238 g/mol. The van der Waals surface area contributed by atoms with Crippen LogP contribution in [0.2, 0.25) is 0 Å². The summed E-state index contributed by atoms with van der Waals surface area (Å²) in [6, 6.07) is 6.21. The van der Waals surface area contributed by atoms with Crippen LogP contribution in [0.4, 0.5) is 0 Å². The fourth-order valence-electron chi connectivity index (χ4n) is 2.41. The van der Waals surface area contributed by atoms with Crippen LogP contribution in [0.5, 0.6) is 0 Å². The molecule has 98 valence electrons. The van der Waals surface area contributed by atoms with Crippen molar-refractivity contribution in [2.24, 2.45) is 5.92 Å². The van der Waals surface area contributed by atoms with E-state index in [9.17, 15) is 0 Å². The molecule has 19 heavy (non-hydrogen) atoms. The highest BCUT2D eigenvalue weighted by Crippen LogP contribution is 2.14. The van der Waals surface area contributed by atoms with E-state index in [0.717, 1.165) is 19.4 Å². The van der Waals surface area contributed by atoms with Crippen molar-refractivity contribution in [1.29, 1.82) is 0 Å². The number of nitrogens with zero attached hydrogens (tertiary/aromatic N) is 3. The van der Waals surface area contributed by atoms with Crippen LogP contribution < -0.4 is 0 Å². The highest BCUT2D eigenvalue weighted by atomic mass is 15.1. The first-order chi connectivity index (χ1) is 9.40. The third kappa shape index (κ3) is 3.13. The number of hydrogen-bond donors (Lipinski definition) is 2. The highest BCUT2D eigenvalue weighted by Gasteiger charge is 2.13. The normalized spacial score (nSPS) is 12.6. The van der Waals surface area contributed by atoms with Crippen LogP contribution in [0.3, 0.4) is 0 Å². The zero-order valence-corrected chi connectivity index (χ0v) is 10.7. The minimum atomic E-state index is 0.508. The molecule has 0 amide bonds. The van der Waals surface area contributed by atoms with Gasteiger partial charge in [0.25, 0.3) is 0 Å². The average Bonchev–Trinajstić information content (AvgIpc) is 3.10. The van der Waals surface area contributed by atoms with Crippen molar-refractivity contribution < 1.29 is 0 Å². The number of H-pyrrole nitrogens is 2. The van der Waals surface area contributed by atoms with E-state index in [0.29, 0.717) is 5.92 Å². The average molecular weight is 255 g/mol. The molecule has 0 bridgehead atoms. The molecule has 1 atom stereocenters. The molecule has 1 unspecified atom stereocenters. The Bertz CT molecular complexity index is 479. The Kier molecular flexibility index (Phi) is 3.45. The predicted octanol–water partition coefficient (Wildman–Crippen LogP) is 2.04. The molecule has 0 aliphatic rings. The monoisotopic (exact) mass is 255 g/mol. The Morgan fingerprint density at radius 1 is 1.16 bits per heavy atom. The lowest BCUT2D eigenvalue weighted by molar-refractivity contribution is 0.431. The van der Waals surface area contributed by atoms with Gasteiger partial charge in [0.2, 0.25) is 0 Å². The molecule has 0 saturated carbocycles. The fourth-order valence-corrected chi connectivity index (χ4v) is 2.41. The highest BCUT2D eigenvalue weighted by molar-refractivity contribution is 5.06. The molecule has 0 saturated heterocycles. The van der Waals surface area contributed by atoms with Crippen LogP contribution in [0.25, 0.3) is 0 Å². The molecule has 2 N–H and O–H groups in total. The van der Waals surface area contributed by atoms with Crippen molar-refractivity contribution in [3.05, 3.63) is 60.7 Å². The van der Waals surface area contributed by atoms with Crippen LogP contribution >= 0.6 is 0 Å². The van der Waals surface area contributed by atoms with Gasteiger partial charge in [-0.2, -0.15) is 5.10 Å². The maximum absolute atomic E-state index is 4.10. The van der Waals surface area contributed by atoms with E-state index in [4.69, 9.17) is 0 Å². The lowest BCUT2D eigenvalue weighted by Crippen LogP contribution is -2.16. The third-order valence-corrected chi connectivity index (χ3v) is 3.27. The maximum Gasteiger partial charge on any atom is 0.0946 e. The van der Waals surface area contributed by atoms with Gasteiger partial charge in [0.15, 0.2) is 0 Å². The quantitative estimate of drug-likeness (QED) is 0.708. The van der Waals surface area contributed by atoms with Crippen LogP contribution in [-0.2, 0) is 19.4 Å². The summed E-state index contributed by atoms with van der Waals surface area (Å²) in [5.41, 5.74) is 2.45. The number of aromatic nitrogens is 5. The van der Waals surface area contributed by atoms with Crippen LogP contribution in [0.1, 0.15) is 11.4 Å². The predicted molar refractivity (Wildman–Crippen MR) is 72.5 cm³/mol. The van der Waals surface area contributed by atoms with Gasteiger partial charge in [-0.1, -0.05) is 0 Å². The van der Waals surface area contributed by atoms with E-state index in [-0.39, 0.29) is 0 Å². The van der Waals surface area contributed by atoms with Crippen molar-refractivity contribution >= 4 is 0 Å². The molecule has 5 heteroatoms. The third-order valence-electron chi connectivity index (χ3n) is 3.27. The maximum atomic E-state index is 4.10. The second-order valence-electron chi connectivity index (χ2n) is 4.81. The largest absolute Gasteiger partial charge is 0.365 e. The van der Waals surface area contributed by atoms with Gasteiger partial charge in [-0.15, -0.1) is 0 Å². The zero-order valence-electron chi connectivity index (χ0n) is 10.7. The number of aromatic amines is 2. The molecule has 0 aliphatic heterocycles. The van der Waals surface area contributed by atoms with Gasteiger partial charge < -0.3 is 9.55 Å². The molecule has 3 rings (SSSR count).